The Morgan fingerprint density at radius 3 is 1.80 bits per heavy atom. The number of allylic oxidation sites excluding steroid dienone is 2. The molecule has 4 amide bonds. The lowest BCUT2D eigenvalue weighted by atomic mass is 9.57. The average molecular weight is 585 g/mol. The minimum Gasteiger partial charge on any atom is -0.508 e. The topological polar surface area (TPSA) is 95.0 Å². The van der Waals surface area contributed by atoms with E-state index in [-0.39, 0.29) is 35.3 Å². The lowest BCUT2D eigenvalue weighted by molar-refractivity contribution is -0.126. The molecule has 2 saturated heterocycles. The molecule has 44 heavy (non-hydrogen) atoms. The van der Waals surface area contributed by atoms with Gasteiger partial charge in [0.05, 0.1) is 35.0 Å². The van der Waals surface area contributed by atoms with Crippen molar-refractivity contribution < 1.29 is 24.3 Å². The number of carbonyl (C=O) groups is 4. The molecular weight excluding hydrogens is 552 g/mol. The molecule has 0 aromatic heterocycles. The first-order valence-corrected chi connectivity index (χ1v) is 14.9. The van der Waals surface area contributed by atoms with E-state index in [1.807, 2.05) is 36.4 Å². The predicted molar refractivity (Wildman–Crippen MR) is 168 cm³/mol. The highest BCUT2D eigenvalue weighted by molar-refractivity contribution is 6.24. The quantitative estimate of drug-likeness (QED) is 0.292. The van der Waals surface area contributed by atoms with E-state index < -0.39 is 29.6 Å². The molecule has 1 N–H and O–H groups in total. The van der Waals surface area contributed by atoms with Gasteiger partial charge in [0.25, 0.3) is 0 Å². The number of imide groups is 2. The maximum atomic E-state index is 14.2. The van der Waals surface area contributed by atoms with Crippen molar-refractivity contribution in [3.05, 3.63) is 114 Å². The number of nitrogens with zero attached hydrogens (tertiary/aromatic N) is 2. The van der Waals surface area contributed by atoms with Gasteiger partial charge in [-0.1, -0.05) is 73.4 Å². The molecule has 1 saturated carbocycles. The number of anilines is 2. The summed E-state index contributed by atoms with van der Waals surface area (Å²) in [5.74, 6) is -4.29. The molecule has 220 valence electrons. The molecule has 4 aliphatic rings. The highest BCUT2D eigenvalue weighted by Crippen LogP contribution is 2.58. The van der Waals surface area contributed by atoms with Crippen LogP contribution in [0.25, 0.3) is 12.2 Å². The van der Waals surface area contributed by atoms with Crippen LogP contribution in [0.1, 0.15) is 41.0 Å². The molecule has 0 bridgehead atoms. The van der Waals surface area contributed by atoms with E-state index in [0.717, 1.165) is 22.3 Å². The van der Waals surface area contributed by atoms with E-state index >= 15 is 0 Å². The summed E-state index contributed by atoms with van der Waals surface area (Å²) in [5, 5.41) is 10.3. The van der Waals surface area contributed by atoms with Crippen LogP contribution in [0, 0.1) is 36.5 Å². The average Bonchev–Trinajstić information content (AvgIpc) is 3.45. The Hall–Kier alpha value is -5.04. The van der Waals surface area contributed by atoms with Gasteiger partial charge in [0.1, 0.15) is 5.75 Å². The zero-order valence-corrected chi connectivity index (χ0v) is 24.4. The van der Waals surface area contributed by atoms with Crippen LogP contribution < -0.4 is 9.80 Å². The zero-order chi connectivity index (χ0) is 30.9. The highest BCUT2D eigenvalue weighted by Gasteiger charge is 2.62. The molecule has 0 radical (unpaired) electrons. The summed E-state index contributed by atoms with van der Waals surface area (Å²) >= 11 is 0. The van der Waals surface area contributed by atoms with Crippen LogP contribution in [0.3, 0.4) is 0 Å². The number of amides is 4. The number of hydrogen-bond donors (Lipinski definition) is 1. The minimum absolute atomic E-state index is 0.141. The molecule has 7 heteroatoms. The summed E-state index contributed by atoms with van der Waals surface area (Å²) in [6.45, 7) is 9.36. The summed E-state index contributed by atoms with van der Waals surface area (Å²) in [6.07, 6.45) is 6.12. The van der Waals surface area contributed by atoms with Gasteiger partial charge in [0.15, 0.2) is 0 Å². The zero-order valence-electron chi connectivity index (χ0n) is 24.4. The van der Waals surface area contributed by atoms with Crippen LogP contribution in [0.2, 0.25) is 0 Å². The molecule has 3 aromatic carbocycles. The molecule has 3 aromatic rings. The SMILES string of the molecule is C=Cc1ccc(N2C(=O)[C@H]3[C@H](CC=C4[C@H]3C[C@H]3C(=O)N(c5ccc(C=C)cc5)C(=O)[C@H]3[C@H]4c3ccc(O)c(C)c3)C2=O)cc1. The smallest absolute Gasteiger partial charge is 0.238 e. The Kier molecular flexibility index (Phi) is 6.50. The fourth-order valence-electron chi connectivity index (χ4n) is 7.86. The minimum atomic E-state index is -0.667. The van der Waals surface area contributed by atoms with Crippen molar-refractivity contribution >= 4 is 47.2 Å². The molecule has 0 unspecified atom stereocenters. The maximum absolute atomic E-state index is 14.2. The Morgan fingerprint density at radius 1 is 0.705 bits per heavy atom. The van der Waals surface area contributed by atoms with Crippen LogP contribution in [0.15, 0.2) is 91.5 Å². The fourth-order valence-corrected chi connectivity index (χ4v) is 7.86. The van der Waals surface area contributed by atoms with E-state index in [4.69, 9.17) is 0 Å². The number of fused-ring (bicyclic) bond motifs is 4. The number of phenols is 1. The maximum Gasteiger partial charge on any atom is 0.238 e. The standard InChI is InChI=1S/C37H32N2O5/c1-4-21-6-11-24(12-7-21)38-34(41)27-16-15-26-28(32(27)36(38)43)19-29-33(31(26)23-10-17-30(40)20(3)18-23)37(44)39(35(29)42)25-13-8-22(5-2)9-14-25/h4-15,17-18,27-29,31-33,40H,1-2,16,19H2,3H3/t27-,28+,29+,31-,32-,33+/m0/s1. The van der Waals surface area contributed by atoms with Gasteiger partial charge in [-0.05, 0) is 78.3 Å². The van der Waals surface area contributed by atoms with Gasteiger partial charge in [-0.3, -0.25) is 29.0 Å². The number of aromatic hydroxyl groups is 1. The molecule has 2 aliphatic heterocycles. The van der Waals surface area contributed by atoms with Gasteiger partial charge in [0.2, 0.25) is 23.6 Å². The van der Waals surface area contributed by atoms with Gasteiger partial charge in [-0.2, -0.15) is 0 Å². The van der Waals surface area contributed by atoms with E-state index in [1.54, 1.807) is 55.5 Å². The number of aryl methyl sites for hydroxylation is 1. The van der Waals surface area contributed by atoms with E-state index in [2.05, 4.69) is 13.2 Å². The Bertz CT molecular complexity index is 1790. The van der Waals surface area contributed by atoms with Gasteiger partial charge in [0, 0.05) is 5.92 Å². The van der Waals surface area contributed by atoms with Crippen LogP contribution >= 0.6 is 0 Å². The Balaban J connectivity index is 1.32. The van der Waals surface area contributed by atoms with Gasteiger partial charge >= 0.3 is 0 Å². The van der Waals surface area contributed by atoms with Crippen molar-refractivity contribution in [2.24, 2.45) is 29.6 Å². The fraction of sp³-hybridized carbons (Fsp3) is 0.243. The number of rotatable bonds is 5. The predicted octanol–water partition coefficient (Wildman–Crippen LogP) is 6.03. The largest absolute Gasteiger partial charge is 0.508 e. The summed E-state index contributed by atoms with van der Waals surface area (Å²) in [5.41, 5.74) is 5.16. The third-order valence-corrected chi connectivity index (χ3v) is 10.0. The van der Waals surface area contributed by atoms with E-state index in [9.17, 15) is 24.3 Å². The molecular formula is C37H32N2O5. The van der Waals surface area contributed by atoms with Crippen molar-refractivity contribution in [2.45, 2.75) is 25.7 Å². The van der Waals surface area contributed by atoms with Gasteiger partial charge < -0.3 is 5.11 Å². The molecule has 3 fully saturated rings. The normalized spacial score (nSPS) is 27.5. The third-order valence-electron chi connectivity index (χ3n) is 10.0. The second-order valence-electron chi connectivity index (χ2n) is 12.2. The van der Waals surface area contributed by atoms with Crippen molar-refractivity contribution in [1.29, 1.82) is 0 Å². The number of hydrogen-bond acceptors (Lipinski definition) is 5. The van der Waals surface area contributed by atoms with Crippen LogP contribution in [0.4, 0.5) is 11.4 Å². The summed E-state index contributed by atoms with van der Waals surface area (Å²) < 4.78 is 0. The second kappa shape index (κ2) is 10.3. The first kappa shape index (κ1) is 27.8. The molecule has 7 nitrogen and oxygen atoms in total. The molecule has 2 heterocycles. The van der Waals surface area contributed by atoms with E-state index in [1.165, 1.54) is 9.80 Å². The molecule has 7 rings (SSSR count). The van der Waals surface area contributed by atoms with Crippen LogP contribution in [-0.4, -0.2) is 28.7 Å². The molecule has 6 atom stereocenters. The molecule has 0 spiro atoms. The summed E-state index contributed by atoms with van der Waals surface area (Å²) in [7, 11) is 0. The van der Waals surface area contributed by atoms with Crippen molar-refractivity contribution in [2.75, 3.05) is 9.80 Å². The molecule has 2 aliphatic carbocycles. The van der Waals surface area contributed by atoms with Crippen molar-refractivity contribution in [3.8, 4) is 5.75 Å². The lowest BCUT2D eigenvalue weighted by Gasteiger charge is -2.44. The monoisotopic (exact) mass is 584 g/mol. The number of benzene rings is 3. The first-order chi connectivity index (χ1) is 21.2. The highest BCUT2D eigenvalue weighted by atomic mass is 16.3. The van der Waals surface area contributed by atoms with Gasteiger partial charge in [-0.15, -0.1) is 0 Å². The van der Waals surface area contributed by atoms with Crippen molar-refractivity contribution in [1.82, 2.24) is 0 Å². The number of carbonyl (C=O) groups excluding carboxylic acids is 4. The Labute approximate surface area is 255 Å². The summed E-state index contributed by atoms with van der Waals surface area (Å²) in [4.78, 5) is 58.8. The van der Waals surface area contributed by atoms with Crippen LogP contribution in [0.5, 0.6) is 5.75 Å². The third kappa shape index (κ3) is 4.03. The lowest BCUT2D eigenvalue weighted by Crippen LogP contribution is -2.43. The second-order valence-corrected chi connectivity index (χ2v) is 12.2. The number of phenolic OH excluding ortho intramolecular Hbond substituents is 1. The van der Waals surface area contributed by atoms with Crippen LogP contribution in [-0.2, 0) is 19.2 Å². The Morgan fingerprint density at radius 2 is 1.25 bits per heavy atom. The van der Waals surface area contributed by atoms with Crippen molar-refractivity contribution in [3.63, 3.8) is 0 Å². The van der Waals surface area contributed by atoms with E-state index in [0.29, 0.717) is 29.8 Å². The van der Waals surface area contributed by atoms with Gasteiger partial charge in [-0.25, -0.2) is 0 Å². The first-order valence-electron chi connectivity index (χ1n) is 14.9. The summed E-state index contributed by atoms with van der Waals surface area (Å²) in [6, 6.07) is 19.6.